The van der Waals surface area contributed by atoms with E-state index in [0.29, 0.717) is 12.0 Å². The average molecular weight is 292 g/mol. The third-order valence-electron chi connectivity index (χ3n) is 3.65. The lowest BCUT2D eigenvalue weighted by Crippen LogP contribution is -2.38. The van der Waals surface area contributed by atoms with Crippen molar-refractivity contribution in [1.82, 2.24) is 10.6 Å². The molecule has 21 heavy (non-hydrogen) atoms. The molecule has 0 bridgehead atoms. The Balaban J connectivity index is 2.44. The molecular formula is C17H28N2O2. The van der Waals surface area contributed by atoms with E-state index in [4.69, 9.17) is 4.74 Å². The minimum Gasteiger partial charge on any atom is -0.484 e. The maximum atomic E-state index is 11.7. The molecule has 1 rings (SSSR count). The minimum absolute atomic E-state index is 0.0547. The van der Waals surface area contributed by atoms with Gasteiger partial charge in [0.25, 0.3) is 5.91 Å². The fourth-order valence-electron chi connectivity index (χ4n) is 1.89. The molecule has 0 radical (unpaired) electrons. The van der Waals surface area contributed by atoms with Crippen LogP contribution in [0.2, 0.25) is 0 Å². The highest BCUT2D eigenvalue weighted by Gasteiger charge is 2.11. The van der Waals surface area contributed by atoms with Crippen molar-refractivity contribution in [3.63, 3.8) is 0 Å². The number of ether oxygens (including phenoxy) is 1. The summed E-state index contributed by atoms with van der Waals surface area (Å²) in [5.74, 6) is 1.05. The first-order valence-corrected chi connectivity index (χ1v) is 7.69. The zero-order valence-electron chi connectivity index (χ0n) is 13.8. The van der Waals surface area contributed by atoms with Gasteiger partial charge < -0.3 is 15.4 Å². The average Bonchev–Trinajstić information content (AvgIpc) is 2.45. The topological polar surface area (TPSA) is 50.4 Å². The number of hydrogen-bond donors (Lipinski definition) is 2. The summed E-state index contributed by atoms with van der Waals surface area (Å²) in [4.78, 5) is 11.7. The molecular weight excluding hydrogens is 264 g/mol. The smallest absolute Gasteiger partial charge is 0.258 e. The van der Waals surface area contributed by atoms with Crippen LogP contribution in [-0.2, 0) is 4.79 Å². The molecule has 0 aromatic heterocycles. The molecule has 118 valence electrons. The van der Waals surface area contributed by atoms with Crippen LogP contribution in [-0.4, -0.2) is 25.1 Å². The molecule has 4 nitrogen and oxygen atoms in total. The molecule has 1 aromatic carbocycles. The van der Waals surface area contributed by atoms with Crippen molar-refractivity contribution in [2.45, 2.75) is 46.7 Å². The summed E-state index contributed by atoms with van der Waals surface area (Å²) < 4.78 is 5.51. The Morgan fingerprint density at radius 2 is 1.76 bits per heavy atom. The van der Waals surface area contributed by atoms with Crippen LogP contribution in [0.1, 0.15) is 46.2 Å². The molecule has 2 atom stereocenters. The van der Waals surface area contributed by atoms with Crippen molar-refractivity contribution in [3.8, 4) is 5.75 Å². The monoisotopic (exact) mass is 292 g/mol. The number of benzene rings is 1. The first kappa shape index (κ1) is 17.5. The summed E-state index contributed by atoms with van der Waals surface area (Å²) in [6.07, 6.45) is 0. The van der Waals surface area contributed by atoms with Crippen LogP contribution < -0.4 is 15.4 Å². The van der Waals surface area contributed by atoms with Crippen molar-refractivity contribution in [1.29, 1.82) is 0 Å². The van der Waals surface area contributed by atoms with Crippen LogP contribution in [0.5, 0.6) is 5.75 Å². The Hall–Kier alpha value is -1.55. The second-order valence-electron chi connectivity index (χ2n) is 5.74. The van der Waals surface area contributed by atoms with E-state index in [1.807, 2.05) is 31.2 Å². The van der Waals surface area contributed by atoms with Crippen molar-refractivity contribution in [2.24, 2.45) is 5.92 Å². The van der Waals surface area contributed by atoms with Crippen molar-refractivity contribution in [2.75, 3.05) is 13.2 Å². The summed E-state index contributed by atoms with van der Waals surface area (Å²) in [5, 5.41) is 6.28. The SMILES string of the molecule is CCNC(C)c1ccc(OCC(=O)NC(C)C(C)C)cc1. The molecule has 0 saturated heterocycles. The number of amides is 1. The zero-order valence-corrected chi connectivity index (χ0v) is 13.8. The number of carbonyl (C=O) groups excluding carboxylic acids is 1. The Bertz CT molecular complexity index is 429. The molecule has 0 saturated carbocycles. The minimum atomic E-state index is -0.0821. The molecule has 0 aliphatic rings. The normalized spacial score (nSPS) is 13.8. The zero-order chi connectivity index (χ0) is 15.8. The van der Waals surface area contributed by atoms with Crippen molar-refractivity contribution >= 4 is 5.91 Å². The Labute approximate surface area is 128 Å². The van der Waals surface area contributed by atoms with Crippen LogP contribution in [0.4, 0.5) is 0 Å². The lowest BCUT2D eigenvalue weighted by atomic mass is 10.1. The van der Waals surface area contributed by atoms with Gasteiger partial charge in [0.1, 0.15) is 5.75 Å². The van der Waals surface area contributed by atoms with E-state index in [2.05, 4.69) is 38.3 Å². The number of carbonyl (C=O) groups is 1. The van der Waals surface area contributed by atoms with Crippen LogP contribution in [0, 0.1) is 5.92 Å². The van der Waals surface area contributed by atoms with Gasteiger partial charge in [0.15, 0.2) is 6.61 Å². The first-order chi connectivity index (χ1) is 9.93. The lowest BCUT2D eigenvalue weighted by molar-refractivity contribution is -0.124. The molecule has 0 aliphatic heterocycles. The van der Waals surface area contributed by atoms with Gasteiger partial charge in [-0.1, -0.05) is 32.9 Å². The standard InChI is InChI=1S/C17H28N2O2/c1-6-18-14(5)15-7-9-16(10-8-15)21-11-17(20)19-13(4)12(2)3/h7-10,12-14,18H,6,11H2,1-5H3,(H,19,20). The van der Waals surface area contributed by atoms with Crippen molar-refractivity contribution in [3.05, 3.63) is 29.8 Å². The summed E-state index contributed by atoms with van der Waals surface area (Å²) in [5.41, 5.74) is 1.21. The van der Waals surface area contributed by atoms with Gasteiger partial charge in [-0.15, -0.1) is 0 Å². The predicted octanol–water partition coefficient (Wildman–Crippen LogP) is 2.90. The van der Waals surface area contributed by atoms with E-state index in [9.17, 15) is 4.79 Å². The quantitative estimate of drug-likeness (QED) is 0.774. The van der Waals surface area contributed by atoms with E-state index in [0.717, 1.165) is 12.3 Å². The van der Waals surface area contributed by atoms with Crippen molar-refractivity contribution < 1.29 is 9.53 Å². The van der Waals surface area contributed by atoms with E-state index in [1.165, 1.54) is 5.56 Å². The highest BCUT2D eigenvalue weighted by Crippen LogP contribution is 2.17. The summed E-state index contributed by atoms with van der Waals surface area (Å²) in [7, 11) is 0. The molecule has 0 heterocycles. The van der Waals surface area contributed by atoms with Crippen LogP contribution in [0.3, 0.4) is 0 Å². The second-order valence-corrected chi connectivity index (χ2v) is 5.74. The van der Waals surface area contributed by atoms with Gasteiger partial charge in [0.2, 0.25) is 0 Å². The molecule has 1 amide bonds. The Morgan fingerprint density at radius 1 is 1.14 bits per heavy atom. The summed E-state index contributed by atoms with van der Waals surface area (Å²) in [6, 6.07) is 8.34. The molecule has 2 N–H and O–H groups in total. The maximum absolute atomic E-state index is 11.7. The summed E-state index contributed by atoms with van der Waals surface area (Å²) >= 11 is 0. The number of nitrogens with one attached hydrogen (secondary N) is 2. The van der Waals surface area contributed by atoms with Crippen LogP contribution in [0.25, 0.3) is 0 Å². The summed E-state index contributed by atoms with van der Waals surface area (Å²) in [6.45, 7) is 11.4. The molecule has 4 heteroatoms. The van der Waals surface area contributed by atoms with Gasteiger partial charge in [0.05, 0.1) is 0 Å². The van der Waals surface area contributed by atoms with Gasteiger partial charge in [-0.2, -0.15) is 0 Å². The third-order valence-corrected chi connectivity index (χ3v) is 3.65. The largest absolute Gasteiger partial charge is 0.484 e. The van der Waals surface area contributed by atoms with Gasteiger partial charge in [0, 0.05) is 12.1 Å². The molecule has 1 aromatic rings. The van der Waals surface area contributed by atoms with Gasteiger partial charge in [-0.25, -0.2) is 0 Å². The van der Waals surface area contributed by atoms with E-state index in [1.54, 1.807) is 0 Å². The van der Waals surface area contributed by atoms with Crippen LogP contribution in [0.15, 0.2) is 24.3 Å². The lowest BCUT2D eigenvalue weighted by Gasteiger charge is -2.17. The van der Waals surface area contributed by atoms with E-state index >= 15 is 0 Å². The maximum Gasteiger partial charge on any atom is 0.258 e. The predicted molar refractivity (Wildman–Crippen MR) is 86.5 cm³/mol. The number of rotatable bonds is 8. The number of hydrogen-bond acceptors (Lipinski definition) is 3. The van der Waals surface area contributed by atoms with E-state index < -0.39 is 0 Å². The highest BCUT2D eigenvalue weighted by atomic mass is 16.5. The fourth-order valence-corrected chi connectivity index (χ4v) is 1.89. The molecule has 0 spiro atoms. The fraction of sp³-hybridized carbons (Fsp3) is 0.588. The molecule has 2 unspecified atom stereocenters. The Kier molecular flexibility index (Phi) is 7.23. The third kappa shape index (κ3) is 6.17. The highest BCUT2D eigenvalue weighted by molar-refractivity contribution is 5.77. The molecule has 0 aliphatic carbocycles. The molecule has 0 fully saturated rings. The van der Waals surface area contributed by atoms with Gasteiger partial charge >= 0.3 is 0 Å². The second kappa shape index (κ2) is 8.67. The van der Waals surface area contributed by atoms with E-state index in [-0.39, 0.29) is 18.6 Å². The first-order valence-electron chi connectivity index (χ1n) is 7.69. The Morgan fingerprint density at radius 3 is 2.29 bits per heavy atom. The van der Waals surface area contributed by atoms with Gasteiger partial charge in [-0.05, 0) is 44.0 Å². The van der Waals surface area contributed by atoms with Crippen LogP contribution >= 0.6 is 0 Å². The van der Waals surface area contributed by atoms with Gasteiger partial charge in [-0.3, -0.25) is 4.79 Å².